The second-order valence-corrected chi connectivity index (χ2v) is 4.32. The molecule has 2 rings (SSSR count). The number of carboxylic acids is 2. The predicted octanol–water partition coefficient (Wildman–Crippen LogP) is 1.74. The van der Waals surface area contributed by atoms with Crippen molar-refractivity contribution in [1.29, 1.82) is 0 Å². The van der Waals surface area contributed by atoms with Crippen molar-refractivity contribution < 1.29 is 37.8 Å². The van der Waals surface area contributed by atoms with Gasteiger partial charge >= 0.3 is 23.7 Å². The second-order valence-electron chi connectivity index (χ2n) is 4.32. The van der Waals surface area contributed by atoms with Crippen LogP contribution in [0.4, 0.5) is 13.2 Å². The number of carboxylic acid groups (broad SMARTS) is 2. The van der Waals surface area contributed by atoms with Gasteiger partial charge in [-0.15, -0.1) is 0 Å². The third-order valence-corrected chi connectivity index (χ3v) is 2.96. The van der Waals surface area contributed by atoms with Crippen LogP contribution in [0.2, 0.25) is 0 Å². The summed E-state index contributed by atoms with van der Waals surface area (Å²) in [4.78, 5) is 26.5. The third-order valence-electron chi connectivity index (χ3n) is 2.96. The van der Waals surface area contributed by atoms with Crippen molar-refractivity contribution in [1.82, 2.24) is 0 Å². The van der Waals surface area contributed by atoms with E-state index in [0.29, 0.717) is 0 Å². The molecule has 0 radical (unpaired) electrons. The number of benzene rings is 1. The molecule has 112 valence electrons. The summed E-state index contributed by atoms with van der Waals surface area (Å²) in [5.41, 5.74) is -3.31. The van der Waals surface area contributed by atoms with E-state index in [1.165, 1.54) is 0 Å². The Bertz CT molecular complexity index is 607. The number of rotatable bonds is 3. The zero-order valence-corrected chi connectivity index (χ0v) is 10.2. The smallest absolute Gasteiger partial charge is 0.416 e. The SMILES string of the molecule is O=C(O)C1(C(=O)O)CC(c2ccc(C(F)(F)F)cc2)=NO1. The first kappa shape index (κ1) is 14.8. The maximum atomic E-state index is 12.4. The van der Waals surface area contributed by atoms with Crippen LogP contribution in [0, 0.1) is 0 Å². The number of hydrogen-bond donors (Lipinski definition) is 2. The minimum absolute atomic E-state index is 0.0477. The Morgan fingerprint density at radius 1 is 1.14 bits per heavy atom. The molecule has 21 heavy (non-hydrogen) atoms. The van der Waals surface area contributed by atoms with Gasteiger partial charge in [0.25, 0.3) is 0 Å². The highest BCUT2D eigenvalue weighted by Crippen LogP contribution is 2.31. The van der Waals surface area contributed by atoms with Crippen LogP contribution in [0.5, 0.6) is 0 Å². The van der Waals surface area contributed by atoms with Gasteiger partial charge in [0.1, 0.15) is 0 Å². The van der Waals surface area contributed by atoms with Crippen molar-refractivity contribution in [3.63, 3.8) is 0 Å². The average molecular weight is 303 g/mol. The van der Waals surface area contributed by atoms with Crippen molar-refractivity contribution >= 4 is 17.7 Å². The first-order valence-electron chi connectivity index (χ1n) is 5.56. The largest absolute Gasteiger partial charge is 0.478 e. The van der Waals surface area contributed by atoms with Crippen LogP contribution in [0.25, 0.3) is 0 Å². The number of hydrogen-bond acceptors (Lipinski definition) is 4. The van der Waals surface area contributed by atoms with Crippen LogP contribution in [0.15, 0.2) is 29.4 Å². The summed E-state index contributed by atoms with van der Waals surface area (Å²) in [7, 11) is 0. The van der Waals surface area contributed by atoms with Gasteiger partial charge in [0.2, 0.25) is 0 Å². The second kappa shape index (κ2) is 4.76. The molecule has 6 nitrogen and oxygen atoms in total. The van der Waals surface area contributed by atoms with Gasteiger partial charge in [-0.3, -0.25) is 0 Å². The van der Waals surface area contributed by atoms with Crippen molar-refractivity contribution in [3.8, 4) is 0 Å². The standard InChI is InChI=1S/C12H8F3NO5/c13-12(14,15)7-3-1-6(2-4-7)8-5-11(9(17)18,10(19)20)21-16-8/h1-4H,5H2,(H,17,18)(H,19,20). The molecule has 0 spiro atoms. The summed E-state index contributed by atoms with van der Waals surface area (Å²) >= 11 is 0. The monoisotopic (exact) mass is 303 g/mol. The highest BCUT2D eigenvalue weighted by Gasteiger charge is 2.54. The molecule has 0 unspecified atom stereocenters. The topological polar surface area (TPSA) is 96.2 Å². The number of alkyl halides is 3. The molecule has 1 aliphatic rings. The average Bonchev–Trinajstić information content (AvgIpc) is 2.84. The number of nitrogens with zero attached hydrogens (tertiary/aromatic N) is 1. The quantitative estimate of drug-likeness (QED) is 0.829. The van der Waals surface area contributed by atoms with Crippen LogP contribution < -0.4 is 0 Å². The molecule has 0 fully saturated rings. The summed E-state index contributed by atoms with van der Waals surface area (Å²) in [5.74, 6) is -3.47. The Kier molecular flexibility index (Phi) is 3.36. The fourth-order valence-electron chi connectivity index (χ4n) is 1.76. The molecular formula is C12H8F3NO5. The van der Waals surface area contributed by atoms with E-state index in [-0.39, 0.29) is 11.3 Å². The minimum Gasteiger partial charge on any atom is -0.478 e. The minimum atomic E-state index is -4.50. The van der Waals surface area contributed by atoms with Crippen LogP contribution >= 0.6 is 0 Å². The Morgan fingerprint density at radius 3 is 2.05 bits per heavy atom. The molecule has 0 atom stereocenters. The van der Waals surface area contributed by atoms with Crippen LogP contribution in [0.1, 0.15) is 17.5 Å². The lowest BCUT2D eigenvalue weighted by atomic mass is 9.94. The molecule has 2 N–H and O–H groups in total. The van der Waals surface area contributed by atoms with Gasteiger partial charge in [-0.05, 0) is 17.7 Å². The molecule has 0 amide bonds. The molecule has 0 aliphatic carbocycles. The normalized spacial score (nSPS) is 17.0. The van der Waals surface area contributed by atoms with Crippen LogP contribution in [0.3, 0.4) is 0 Å². The number of carbonyl (C=O) groups is 2. The van der Waals surface area contributed by atoms with Crippen LogP contribution in [-0.2, 0) is 20.6 Å². The zero-order valence-electron chi connectivity index (χ0n) is 10.2. The lowest BCUT2D eigenvalue weighted by molar-refractivity contribution is -0.179. The molecule has 0 bridgehead atoms. The highest BCUT2D eigenvalue weighted by atomic mass is 19.4. The van der Waals surface area contributed by atoms with E-state index in [2.05, 4.69) is 9.99 Å². The molecule has 1 aromatic rings. The first-order chi connectivity index (χ1) is 9.67. The van der Waals surface area contributed by atoms with E-state index in [9.17, 15) is 22.8 Å². The molecular weight excluding hydrogens is 295 g/mol. The van der Waals surface area contributed by atoms with Gasteiger partial charge in [-0.2, -0.15) is 13.2 Å². The van der Waals surface area contributed by atoms with Gasteiger partial charge in [0.15, 0.2) is 0 Å². The fourth-order valence-corrected chi connectivity index (χ4v) is 1.76. The van der Waals surface area contributed by atoms with E-state index in [1.54, 1.807) is 0 Å². The Balaban J connectivity index is 2.26. The summed E-state index contributed by atoms with van der Waals surface area (Å²) < 4.78 is 37.3. The summed E-state index contributed by atoms with van der Waals surface area (Å²) in [6, 6.07) is 3.73. The fraction of sp³-hybridized carbons (Fsp3) is 0.250. The van der Waals surface area contributed by atoms with E-state index >= 15 is 0 Å². The van der Waals surface area contributed by atoms with E-state index in [0.717, 1.165) is 24.3 Å². The lowest BCUT2D eigenvalue weighted by Gasteiger charge is -2.15. The predicted molar refractivity (Wildman–Crippen MR) is 61.7 cm³/mol. The van der Waals surface area contributed by atoms with Gasteiger partial charge in [0.05, 0.1) is 17.7 Å². The molecule has 0 saturated carbocycles. The zero-order chi connectivity index (χ0) is 15.8. The Labute approximate surface area is 115 Å². The molecule has 1 heterocycles. The number of aliphatic carboxylic acids is 2. The van der Waals surface area contributed by atoms with Crippen molar-refractivity contribution in [3.05, 3.63) is 35.4 Å². The van der Waals surface area contributed by atoms with Crippen molar-refractivity contribution in [2.45, 2.75) is 18.2 Å². The lowest BCUT2D eigenvalue weighted by Crippen LogP contribution is -2.46. The summed E-state index contributed by atoms with van der Waals surface area (Å²) in [6.45, 7) is 0. The Morgan fingerprint density at radius 2 is 1.67 bits per heavy atom. The number of halogens is 3. The molecule has 0 aromatic heterocycles. The van der Waals surface area contributed by atoms with Crippen LogP contribution in [-0.4, -0.2) is 33.5 Å². The first-order valence-corrected chi connectivity index (χ1v) is 5.56. The van der Waals surface area contributed by atoms with E-state index in [4.69, 9.17) is 10.2 Å². The molecule has 0 saturated heterocycles. The summed E-state index contributed by atoms with van der Waals surface area (Å²) in [5, 5.41) is 21.2. The molecule has 1 aromatic carbocycles. The van der Waals surface area contributed by atoms with Crippen molar-refractivity contribution in [2.24, 2.45) is 5.16 Å². The van der Waals surface area contributed by atoms with Crippen molar-refractivity contribution in [2.75, 3.05) is 0 Å². The van der Waals surface area contributed by atoms with E-state index in [1.807, 2.05) is 0 Å². The van der Waals surface area contributed by atoms with Gasteiger partial charge in [-0.1, -0.05) is 17.3 Å². The Hall–Kier alpha value is -2.58. The summed E-state index contributed by atoms with van der Waals surface area (Å²) in [6.07, 6.45) is -5.08. The van der Waals surface area contributed by atoms with Gasteiger partial charge in [-0.25, -0.2) is 9.59 Å². The van der Waals surface area contributed by atoms with E-state index < -0.39 is 35.7 Å². The molecule has 9 heteroatoms. The maximum absolute atomic E-state index is 12.4. The maximum Gasteiger partial charge on any atom is 0.416 e. The molecule has 1 aliphatic heterocycles. The number of oxime groups is 1. The van der Waals surface area contributed by atoms with Gasteiger partial charge < -0.3 is 15.1 Å². The highest BCUT2D eigenvalue weighted by molar-refractivity contribution is 6.12. The van der Waals surface area contributed by atoms with Gasteiger partial charge in [0, 0.05) is 0 Å². The third kappa shape index (κ3) is 2.54.